The number of rotatable bonds is 4. The Morgan fingerprint density at radius 2 is 2.08 bits per heavy atom. The van der Waals surface area contributed by atoms with E-state index in [1.165, 1.54) is 0 Å². The van der Waals surface area contributed by atoms with Gasteiger partial charge in [-0.1, -0.05) is 24.3 Å². The number of amides is 2. The number of nitrogens with one attached hydrogen (secondary N) is 2. The second kappa shape index (κ2) is 7.07. The van der Waals surface area contributed by atoms with E-state index in [-0.39, 0.29) is 12.1 Å². The second-order valence-corrected chi connectivity index (χ2v) is 6.50. The fourth-order valence-corrected chi connectivity index (χ4v) is 3.45. The predicted octanol–water partition coefficient (Wildman–Crippen LogP) is 3.62. The molecule has 6 heteroatoms. The van der Waals surface area contributed by atoms with Crippen molar-refractivity contribution in [2.75, 3.05) is 13.7 Å². The molecule has 2 aromatic carbocycles. The van der Waals surface area contributed by atoms with Crippen molar-refractivity contribution in [2.24, 2.45) is 0 Å². The van der Waals surface area contributed by atoms with Crippen LogP contribution in [0, 0.1) is 0 Å². The lowest BCUT2D eigenvalue weighted by atomic mass is 10.2. The van der Waals surface area contributed by atoms with Crippen LogP contribution in [0.3, 0.4) is 0 Å². The quantitative estimate of drug-likeness (QED) is 0.755. The highest BCUT2D eigenvalue weighted by Gasteiger charge is 2.32. The number of ether oxygens (including phenoxy) is 1. The zero-order valence-electron chi connectivity index (χ0n) is 14.7. The minimum absolute atomic E-state index is 0.00160. The van der Waals surface area contributed by atoms with Gasteiger partial charge in [-0.25, -0.2) is 9.78 Å². The van der Waals surface area contributed by atoms with E-state index in [1.54, 1.807) is 7.11 Å². The van der Waals surface area contributed by atoms with Crippen molar-refractivity contribution in [1.29, 1.82) is 0 Å². The van der Waals surface area contributed by atoms with Gasteiger partial charge in [0.2, 0.25) is 0 Å². The number of H-pyrrole nitrogens is 1. The first-order valence-corrected chi connectivity index (χ1v) is 8.86. The molecule has 0 radical (unpaired) electrons. The summed E-state index contributed by atoms with van der Waals surface area (Å²) >= 11 is 0. The summed E-state index contributed by atoms with van der Waals surface area (Å²) in [4.78, 5) is 22.6. The Balaban J connectivity index is 1.44. The first-order valence-electron chi connectivity index (χ1n) is 8.86. The topological polar surface area (TPSA) is 70.2 Å². The van der Waals surface area contributed by atoms with E-state index in [2.05, 4.69) is 15.3 Å². The van der Waals surface area contributed by atoms with E-state index in [0.29, 0.717) is 6.54 Å². The molecule has 4 rings (SSSR count). The number of aromatic amines is 1. The van der Waals surface area contributed by atoms with Gasteiger partial charge in [-0.05, 0) is 42.7 Å². The Morgan fingerprint density at radius 3 is 2.85 bits per heavy atom. The number of likely N-dealkylation sites (tertiary alicyclic amines) is 1. The molecule has 0 bridgehead atoms. The lowest BCUT2D eigenvalue weighted by Crippen LogP contribution is -2.39. The molecule has 1 atom stereocenters. The highest BCUT2D eigenvalue weighted by molar-refractivity contribution is 5.77. The molecule has 2 heterocycles. The number of urea groups is 1. The minimum atomic E-state index is -0.0521. The van der Waals surface area contributed by atoms with E-state index in [0.717, 1.165) is 47.6 Å². The highest BCUT2D eigenvalue weighted by atomic mass is 16.5. The number of fused-ring (bicyclic) bond motifs is 1. The molecule has 0 spiro atoms. The summed E-state index contributed by atoms with van der Waals surface area (Å²) < 4.78 is 5.16. The van der Waals surface area contributed by atoms with Crippen molar-refractivity contribution in [3.8, 4) is 5.75 Å². The fraction of sp³-hybridized carbons (Fsp3) is 0.300. The number of carbonyl (C=O) groups is 1. The van der Waals surface area contributed by atoms with Gasteiger partial charge in [0.25, 0.3) is 0 Å². The summed E-state index contributed by atoms with van der Waals surface area (Å²) in [5.41, 5.74) is 2.99. The van der Waals surface area contributed by atoms with Crippen LogP contribution in [0.4, 0.5) is 4.79 Å². The van der Waals surface area contributed by atoms with Gasteiger partial charge in [0.1, 0.15) is 11.6 Å². The SMILES string of the molecule is COc1ccc(CNC(=O)N2CCC[C@H]2c2nc3ccccc3[nH]2)cc1. The van der Waals surface area contributed by atoms with E-state index < -0.39 is 0 Å². The molecule has 0 saturated carbocycles. The van der Waals surface area contributed by atoms with Crippen LogP contribution in [-0.4, -0.2) is 34.6 Å². The molecule has 26 heavy (non-hydrogen) atoms. The third-order valence-electron chi connectivity index (χ3n) is 4.84. The highest BCUT2D eigenvalue weighted by Crippen LogP contribution is 2.31. The number of aromatic nitrogens is 2. The molecule has 1 saturated heterocycles. The molecular formula is C20H22N4O2. The van der Waals surface area contributed by atoms with Gasteiger partial charge in [-0.15, -0.1) is 0 Å². The molecule has 1 aromatic heterocycles. The maximum absolute atomic E-state index is 12.7. The summed E-state index contributed by atoms with van der Waals surface area (Å²) in [7, 11) is 1.64. The molecule has 3 aromatic rings. The van der Waals surface area contributed by atoms with Crippen molar-refractivity contribution >= 4 is 17.1 Å². The van der Waals surface area contributed by atoms with E-state index in [1.807, 2.05) is 53.4 Å². The summed E-state index contributed by atoms with van der Waals surface area (Å²) in [6.45, 7) is 1.24. The first kappa shape index (κ1) is 16.4. The van der Waals surface area contributed by atoms with Crippen molar-refractivity contribution in [3.05, 3.63) is 59.9 Å². The molecule has 2 amide bonds. The summed E-state index contributed by atoms with van der Waals surface area (Å²) in [6, 6.07) is 15.6. The molecule has 6 nitrogen and oxygen atoms in total. The molecule has 1 fully saturated rings. The average Bonchev–Trinajstić information content (AvgIpc) is 3.32. The van der Waals surface area contributed by atoms with Gasteiger partial charge in [0, 0.05) is 13.1 Å². The molecule has 1 aliphatic heterocycles. The second-order valence-electron chi connectivity index (χ2n) is 6.50. The van der Waals surface area contributed by atoms with E-state index in [9.17, 15) is 4.79 Å². The number of methoxy groups -OCH3 is 1. The van der Waals surface area contributed by atoms with Crippen molar-refractivity contribution in [3.63, 3.8) is 0 Å². The van der Waals surface area contributed by atoms with Crippen LogP contribution in [-0.2, 0) is 6.54 Å². The van der Waals surface area contributed by atoms with Gasteiger partial charge in [-0.3, -0.25) is 0 Å². The molecular weight excluding hydrogens is 328 g/mol. The van der Waals surface area contributed by atoms with Crippen molar-refractivity contribution in [1.82, 2.24) is 20.2 Å². The minimum Gasteiger partial charge on any atom is -0.497 e. The number of benzene rings is 2. The predicted molar refractivity (Wildman–Crippen MR) is 100 cm³/mol. The molecule has 0 unspecified atom stereocenters. The lowest BCUT2D eigenvalue weighted by Gasteiger charge is -2.23. The number of carbonyl (C=O) groups excluding carboxylic acids is 1. The third-order valence-corrected chi connectivity index (χ3v) is 4.84. The zero-order chi connectivity index (χ0) is 17.9. The van der Waals surface area contributed by atoms with Gasteiger partial charge in [0.15, 0.2) is 0 Å². The van der Waals surface area contributed by atoms with Crippen LogP contribution in [0.5, 0.6) is 5.75 Å². The zero-order valence-corrected chi connectivity index (χ0v) is 14.7. The number of imidazole rings is 1. The fourth-order valence-electron chi connectivity index (χ4n) is 3.45. The lowest BCUT2D eigenvalue weighted by molar-refractivity contribution is 0.191. The van der Waals surface area contributed by atoms with E-state index in [4.69, 9.17) is 4.74 Å². The Hall–Kier alpha value is -3.02. The van der Waals surface area contributed by atoms with Crippen molar-refractivity contribution in [2.45, 2.75) is 25.4 Å². The molecule has 0 aliphatic carbocycles. The maximum Gasteiger partial charge on any atom is 0.318 e. The summed E-state index contributed by atoms with van der Waals surface area (Å²) in [6.07, 6.45) is 1.91. The number of nitrogens with zero attached hydrogens (tertiary/aromatic N) is 2. The summed E-state index contributed by atoms with van der Waals surface area (Å²) in [5.74, 6) is 1.67. The normalized spacial score (nSPS) is 16.8. The van der Waals surface area contributed by atoms with Crippen LogP contribution < -0.4 is 10.1 Å². The van der Waals surface area contributed by atoms with Crippen LogP contribution >= 0.6 is 0 Å². The van der Waals surface area contributed by atoms with Crippen molar-refractivity contribution < 1.29 is 9.53 Å². The molecule has 2 N–H and O–H groups in total. The molecule has 1 aliphatic rings. The number of hydrogen-bond donors (Lipinski definition) is 2. The number of para-hydroxylation sites is 2. The third kappa shape index (κ3) is 3.22. The van der Waals surface area contributed by atoms with Gasteiger partial charge < -0.3 is 19.9 Å². The monoisotopic (exact) mass is 350 g/mol. The summed E-state index contributed by atoms with van der Waals surface area (Å²) in [5, 5.41) is 3.02. The maximum atomic E-state index is 12.7. The smallest absolute Gasteiger partial charge is 0.318 e. The Morgan fingerprint density at radius 1 is 1.27 bits per heavy atom. The Bertz CT molecular complexity index is 871. The van der Waals surface area contributed by atoms with E-state index >= 15 is 0 Å². The molecule has 134 valence electrons. The van der Waals surface area contributed by atoms with Crippen LogP contribution in [0.25, 0.3) is 11.0 Å². The van der Waals surface area contributed by atoms with Crippen LogP contribution in [0.2, 0.25) is 0 Å². The first-order chi connectivity index (χ1) is 12.7. The number of hydrogen-bond acceptors (Lipinski definition) is 3. The van der Waals surface area contributed by atoms with Crippen LogP contribution in [0.15, 0.2) is 48.5 Å². The van der Waals surface area contributed by atoms with Gasteiger partial charge >= 0.3 is 6.03 Å². The Kier molecular flexibility index (Phi) is 4.48. The standard InChI is InChI=1S/C20H22N4O2/c1-26-15-10-8-14(9-11-15)13-21-20(25)24-12-4-7-18(24)19-22-16-5-2-3-6-17(16)23-19/h2-3,5-6,8-11,18H,4,7,12-13H2,1H3,(H,21,25)(H,22,23)/t18-/m0/s1. The average molecular weight is 350 g/mol. The van der Waals surface area contributed by atoms with Gasteiger partial charge in [0.05, 0.1) is 24.2 Å². The van der Waals surface area contributed by atoms with Gasteiger partial charge in [-0.2, -0.15) is 0 Å². The Labute approximate surface area is 152 Å². The largest absolute Gasteiger partial charge is 0.497 e. The van der Waals surface area contributed by atoms with Crippen LogP contribution in [0.1, 0.15) is 30.3 Å².